The Bertz CT molecular complexity index is 631. The highest BCUT2D eigenvalue weighted by Crippen LogP contribution is 2.18. The minimum Gasteiger partial charge on any atom is -0.508 e. The van der Waals surface area contributed by atoms with Crippen LogP contribution < -0.4 is 11.1 Å². The highest BCUT2D eigenvalue weighted by atomic mass is 16.3. The topological polar surface area (TPSA) is 113 Å². The fraction of sp³-hybridized carbons (Fsp3) is 0.609. The lowest BCUT2D eigenvalue weighted by molar-refractivity contribution is -0.125. The molecule has 7 heteroatoms. The lowest BCUT2D eigenvalue weighted by Crippen LogP contribution is -2.31. The van der Waals surface area contributed by atoms with Gasteiger partial charge in [-0.05, 0) is 57.0 Å². The Morgan fingerprint density at radius 3 is 2.40 bits per heavy atom. The summed E-state index contributed by atoms with van der Waals surface area (Å²) in [5.74, 6) is -0.196. The first-order valence-electron chi connectivity index (χ1n) is 10.8. The van der Waals surface area contributed by atoms with Crippen molar-refractivity contribution in [3.63, 3.8) is 0 Å². The predicted octanol–water partition coefficient (Wildman–Crippen LogP) is 3.38. The summed E-state index contributed by atoms with van der Waals surface area (Å²) in [7, 11) is 1.88. The Morgan fingerprint density at radius 2 is 1.90 bits per heavy atom. The molecule has 7 nitrogen and oxygen atoms in total. The summed E-state index contributed by atoms with van der Waals surface area (Å²) in [5.41, 5.74) is 6.90. The van der Waals surface area contributed by atoms with E-state index in [1.807, 2.05) is 32.7 Å². The van der Waals surface area contributed by atoms with E-state index >= 15 is 0 Å². The molecule has 1 aliphatic rings. The largest absolute Gasteiger partial charge is 0.508 e. The van der Waals surface area contributed by atoms with Crippen molar-refractivity contribution in [2.75, 3.05) is 7.05 Å². The van der Waals surface area contributed by atoms with Crippen molar-refractivity contribution >= 4 is 18.6 Å². The molecule has 1 fully saturated rings. The van der Waals surface area contributed by atoms with E-state index in [1.54, 1.807) is 12.1 Å². The first kappa shape index (κ1) is 27.8. The number of phenolic OH excluding ortho intramolecular Hbond substituents is 1. The third-order valence-corrected chi connectivity index (χ3v) is 5.08. The van der Waals surface area contributed by atoms with E-state index in [2.05, 4.69) is 5.32 Å². The number of carbonyl (C=O) groups is 3. The van der Waals surface area contributed by atoms with Gasteiger partial charge in [0.05, 0.1) is 0 Å². The molecule has 0 heterocycles. The third-order valence-electron chi connectivity index (χ3n) is 5.08. The van der Waals surface area contributed by atoms with E-state index in [4.69, 9.17) is 5.73 Å². The van der Waals surface area contributed by atoms with Crippen LogP contribution in [0.4, 0.5) is 0 Å². The van der Waals surface area contributed by atoms with Gasteiger partial charge in [0, 0.05) is 30.6 Å². The summed E-state index contributed by atoms with van der Waals surface area (Å²) >= 11 is 0. The van der Waals surface area contributed by atoms with Crippen molar-refractivity contribution in [1.82, 2.24) is 10.2 Å². The van der Waals surface area contributed by atoms with E-state index in [-0.39, 0.29) is 24.1 Å². The van der Waals surface area contributed by atoms with E-state index in [9.17, 15) is 19.5 Å². The number of phenols is 1. The molecule has 1 saturated carbocycles. The molecule has 2 amide bonds. The molecule has 4 N–H and O–H groups in total. The zero-order valence-electron chi connectivity index (χ0n) is 18.9. The van der Waals surface area contributed by atoms with Gasteiger partial charge in [0.15, 0.2) is 0 Å². The molecule has 0 radical (unpaired) electrons. The molecule has 0 bridgehead atoms. The molecule has 0 spiro atoms. The average molecular weight is 422 g/mol. The number of amides is 2. The maximum atomic E-state index is 11.2. The molecule has 0 aromatic heterocycles. The number of hydrogen-bond donors (Lipinski definition) is 3. The first-order chi connectivity index (χ1) is 14.4. The van der Waals surface area contributed by atoms with Crippen molar-refractivity contribution in [1.29, 1.82) is 0 Å². The normalized spacial score (nSPS) is 14.5. The zero-order chi connectivity index (χ0) is 22.9. The van der Waals surface area contributed by atoms with Crippen molar-refractivity contribution in [3.05, 3.63) is 29.3 Å². The molecule has 1 aliphatic carbocycles. The van der Waals surface area contributed by atoms with Gasteiger partial charge in [0.2, 0.25) is 12.3 Å². The molecular weight excluding hydrogens is 382 g/mol. The minimum atomic E-state index is -0.309. The molecule has 2 rings (SSSR count). The van der Waals surface area contributed by atoms with Crippen LogP contribution in [0.15, 0.2) is 18.2 Å². The molecule has 30 heavy (non-hydrogen) atoms. The van der Waals surface area contributed by atoms with Crippen molar-refractivity contribution < 1.29 is 19.5 Å². The predicted molar refractivity (Wildman–Crippen MR) is 120 cm³/mol. The SMILES string of the molecule is CC.CC(CCC(=O)NC=O)N(C)Cc1cc(O)ccc1C=O.NC1CCCCC1. The van der Waals surface area contributed by atoms with Gasteiger partial charge in [-0.1, -0.05) is 33.1 Å². The Hall–Kier alpha value is -2.25. The summed E-state index contributed by atoms with van der Waals surface area (Å²) in [6, 6.07) is 5.23. The van der Waals surface area contributed by atoms with Gasteiger partial charge >= 0.3 is 0 Å². The van der Waals surface area contributed by atoms with Gasteiger partial charge < -0.3 is 10.8 Å². The second kappa shape index (κ2) is 16.5. The van der Waals surface area contributed by atoms with Crippen LogP contribution in [-0.4, -0.2) is 47.7 Å². The maximum Gasteiger partial charge on any atom is 0.226 e. The van der Waals surface area contributed by atoms with Crippen LogP contribution in [-0.2, 0) is 16.1 Å². The fourth-order valence-corrected chi connectivity index (χ4v) is 3.10. The number of carbonyl (C=O) groups excluding carboxylic acids is 3. The molecule has 0 saturated heterocycles. The first-order valence-corrected chi connectivity index (χ1v) is 10.8. The number of hydrogen-bond acceptors (Lipinski definition) is 6. The number of nitrogens with zero attached hydrogens (tertiary/aromatic N) is 1. The van der Waals surface area contributed by atoms with Crippen molar-refractivity contribution in [3.8, 4) is 5.75 Å². The highest BCUT2D eigenvalue weighted by molar-refractivity contribution is 5.85. The highest BCUT2D eigenvalue weighted by Gasteiger charge is 2.14. The quantitative estimate of drug-likeness (QED) is 0.555. The Labute approximate surface area is 181 Å². The van der Waals surface area contributed by atoms with Crippen molar-refractivity contribution in [2.24, 2.45) is 5.73 Å². The van der Waals surface area contributed by atoms with E-state index in [1.165, 1.54) is 38.2 Å². The summed E-state index contributed by atoms with van der Waals surface area (Å²) < 4.78 is 0. The Kier molecular flexibility index (Phi) is 15.3. The van der Waals surface area contributed by atoms with E-state index in [0.29, 0.717) is 31.0 Å². The fourth-order valence-electron chi connectivity index (χ4n) is 3.10. The van der Waals surface area contributed by atoms with Crippen molar-refractivity contribution in [2.45, 2.75) is 84.3 Å². The zero-order valence-corrected chi connectivity index (χ0v) is 18.9. The standard InChI is InChI=1S/C15H20N2O4.C6H13N.C2H6/c1-11(3-6-15(21)16-10-19)17(2)8-13-7-14(20)5-4-12(13)9-18;7-6-4-2-1-3-5-6;1-2/h4-5,7,9-11,20H,3,6,8H2,1-2H3,(H,16,19,21);6H,1-5,7H2;1-2H3. The van der Waals surface area contributed by atoms with Crippen LogP contribution in [0.2, 0.25) is 0 Å². The van der Waals surface area contributed by atoms with Crippen LogP contribution in [0.5, 0.6) is 5.75 Å². The molecule has 1 aromatic carbocycles. The molecule has 0 aliphatic heterocycles. The van der Waals surface area contributed by atoms with Gasteiger partial charge in [-0.2, -0.15) is 0 Å². The number of aromatic hydroxyl groups is 1. The van der Waals surface area contributed by atoms with Gasteiger partial charge in [0.1, 0.15) is 12.0 Å². The van der Waals surface area contributed by atoms with Crippen LogP contribution in [0, 0.1) is 0 Å². The van der Waals surface area contributed by atoms with Gasteiger partial charge in [-0.3, -0.25) is 24.6 Å². The second-order valence-electron chi connectivity index (χ2n) is 7.39. The molecule has 1 unspecified atom stereocenters. The number of nitrogens with one attached hydrogen (secondary N) is 1. The Morgan fingerprint density at radius 1 is 1.27 bits per heavy atom. The third kappa shape index (κ3) is 11.7. The van der Waals surface area contributed by atoms with Crippen LogP contribution >= 0.6 is 0 Å². The number of nitrogens with two attached hydrogens (primary N) is 1. The number of benzene rings is 1. The lowest BCUT2D eigenvalue weighted by atomic mass is 9.97. The summed E-state index contributed by atoms with van der Waals surface area (Å²) in [6.07, 6.45) is 8.64. The Balaban J connectivity index is 0.000000775. The van der Waals surface area contributed by atoms with Gasteiger partial charge in [-0.15, -0.1) is 0 Å². The van der Waals surface area contributed by atoms with Gasteiger partial charge in [0.25, 0.3) is 0 Å². The average Bonchev–Trinajstić information content (AvgIpc) is 2.75. The summed E-state index contributed by atoms with van der Waals surface area (Å²) in [5, 5.41) is 11.6. The van der Waals surface area contributed by atoms with Crippen LogP contribution in [0.25, 0.3) is 0 Å². The monoisotopic (exact) mass is 421 g/mol. The van der Waals surface area contributed by atoms with Crippen LogP contribution in [0.3, 0.4) is 0 Å². The van der Waals surface area contributed by atoms with Gasteiger partial charge in [-0.25, -0.2) is 0 Å². The van der Waals surface area contributed by atoms with E-state index in [0.717, 1.165) is 11.8 Å². The number of imide groups is 1. The molecule has 1 atom stereocenters. The van der Waals surface area contributed by atoms with E-state index < -0.39 is 0 Å². The number of rotatable bonds is 8. The summed E-state index contributed by atoms with van der Waals surface area (Å²) in [6.45, 7) is 6.44. The minimum absolute atomic E-state index is 0.0873. The molecule has 1 aromatic rings. The van der Waals surface area contributed by atoms with Crippen LogP contribution in [0.1, 0.15) is 81.6 Å². The second-order valence-corrected chi connectivity index (χ2v) is 7.39. The lowest BCUT2D eigenvalue weighted by Gasteiger charge is -2.25. The number of aldehydes is 1. The molecular formula is C23H39N3O4. The molecule has 170 valence electrons. The summed E-state index contributed by atoms with van der Waals surface area (Å²) in [4.78, 5) is 34.3. The maximum absolute atomic E-state index is 11.2. The smallest absolute Gasteiger partial charge is 0.226 e.